The quantitative estimate of drug-likeness (QED) is 0.836. The molecule has 7 heteroatoms. The minimum Gasteiger partial charge on any atom is -0.392 e. The predicted octanol–water partition coefficient (Wildman–Crippen LogP) is 3.70. The first-order chi connectivity index (χ1) is 9.83. The molecule has 0 saturated heterocycles. The number of nitrogens with one attached hydrogen (secondary N) is 1. The Hall–Kier alpha value is -1.08. The molecule has 4 nitrogen and oxygen atoms in total. The van der Waals surface area contributed by atoms with Gasteiger partial charge in [0.25, 0.3) is 10.0 Å². The normalized spacial score (nSPS) is 11.4. The van der Waals surface area contributed by atoms with Gasteiger partial charge in [-0.3, -0.25) is 4.72 Å². The fraction of sp³-hybridized carbons (Fsp3) is 0.143. The third-order valence-electron chi connectivity index (χ3n) is 2.93. The van der Waals surface area contributed by atoms with Crippen molar-refractivity contribution >= 4 is 43.2 Å². The van der Waals surface area contributed by atoms with E-state index in [4.69, 9.17) is 16.7 Å². The molecule has 0 heterocycles. The lowest BCUT2D eigenvalue weighted by atomic mass is 10.2. The van der Waals surface area contributed by atoms with Gasteiger partial charge < -0.3 is 5.11 Å². The van der Waals surface area contributed by atoms with Gasteiger partial charge in [-0.2, -0.15) is 0 Å². The molecule has 0 fully saturated rings. The lowest BCUT2D eigenvalue weighted by Gasteiger charge is -2.10. The number of sulfonamides is 1. The number of benzene rings is 2. The van der Waals surface area contributed by atoms with Gasteiger partial charge in [-0.25, -0.2) is 8.42 Å². The van der Waals surface area contributed by atoms with Gasteiger partial charge in [0, 0.05) is 15.2 Å². The van der Waals surface area contributed by atoms with Gasteiger partial charge in [-0.05, 0) is 42.3 Å². The average Bonchev–Trinajstić information content (AvgIpc) is 2.42. The van der Waals surface area contributed by atoms with Crippen LogP contribution in [-0.4, -0.2) is 13.5 Å². The summed E-state index contributed by atoms with van der Waals surface area (Å²) in [5, 5.41) is 9.26. The lowest BCUT2D eigenvalue weighted by Crippen LogP contribution is -2.13. The summed E-state index contributed by atoms with van der Waals surface area (Å²) < 4.78 is 27.9. The van der Waals surface area contributed by atoms with E-state index < -0.39 is 10.0 Å². The summed E-state index contributed by atoms with van der Waals surface area (Å²) in [5.41, 5.74) is 1.94. The number of hydrogen-bond acceptors (Lipinski definition) is 3. The fourth-order valence-electron chi connectivity index (χ4n) is 1.69. The molecule has 2 rings (SSSR count). The van der Waals surface area contributed by atoms with Crippen LogP contribution >= 0.6 is 27.5 Å². The van der Waals surface area contributed by atoms with Crippen LogP contribution < -0.4 is 4.72 Å². The second-order valence-electron chi connectivity index (χ2n) is 4.48. The van der Waals surface area contributed by atoms with E-state index in [1.807, 2.05) is 13.0 Å². The van der Waals surface area contributed by atoms with Crippen LogP contribution in [0.5, 0.6) is 0 Å². The van der Waals surface area contributed by atoms with Crippen molar-refractivity contribution < 1.29 is 13.5 Å². The Kier molecular flexibility index (Phi) is 4.93. The molecule has 112 valence electrons. The van der Waals surface area contributed by atoms with Gasteiger partial charge in [0.05, 0.1) is 11.5 Å². The molecule has 2 aromatic carbocycles. The molecule has 0 unspecified atom stereocenters. The third kappa shape index (κ3) is 3.77. The van der Waals surface area contributed by atoms with E-state index >= 15 is 0 Å². The number of aryl methyl sites for hydroxylation is 1. The highest BCUT2D eigenvalue weighted by molar-refractivity contribution is 9.10. The van der Waals surface area contributed by atoms with Crippen molar-refractivity contribution in [1.82, 2.24) is 0 Å². The van der Waals surface area contributed by atoms with Crippen molar-refractivity contribution in [2.45, 2.75) is 18.4 Å². The number of aliphatic hydroxyl groups is 1. The van der Waals surface area contributed by atoms with Crippen LogP contribution in [0.25, 0.3) is 0 Å². The first-order valence-corrected chi connectivity index (χ1v) is 8.67. The van der Waals surface area contributed by atoms with Gasteiger partial charge in [0.1, 0.15) is 0 Å². The molecule has 0 bridgehead atoms. The van der Waals surface area contributed by atoms with Crippen LogP contribution in [0.3, 0.4) is 0 Å². The summed E-state index contributed by atoms with van der Waals surface area (Å²) in [7, 11) is -3.73. The van der Waals surface area contributed by atoms with E-state index in [0.29, 0.717) is 11.3 Å². The fourth-order valence-corrected chi connectivity index (χ4v) is 3.45. The first kappa shape index (κ1) is 16.3. The van der Waals surface area contributed by atoms with Crippen molar-refractivity contribution in [1.29, 1.82) is 0 Å². The van der Waals surface area contributed by atoms with Gasteiger partial charge in [0.2, 0.25) is 0 Å². The minimum absolute atomic E-state index is 0.0430. The Balaban J connectivity index is 2.33. The summed E-state index contributed by atoms with van der Waals surface area (Å²) in [5.74, 6) is 0. The van der Waals surface area contributed by atoms with E-state index in [1.165, 1.54) is 18.2 Å². The molecule has 0 radical (unpaired) electrons. The van der Waals surface area contributed by atoms with Gasteiger partial charge in [0.15, 0.2) is 0 Å². The second-order valence-corrected chi connectivity index (χ2v) is 7.42. The highest BCUT2D eigenvalue weighted by Crippen LogP contribution is 2.25. The van der Waals surface area contributed by atoms with E-state index in [2.05, 4.69) is 20.7 Å². The summed E-state index contributed by atoms with van der Waals surface area (Å²) in [6.45, 7) is 1.67. The molecule has 0 aliphatic rings. The number of rotatable bonds is 4. The van der Waals surface area contributed by atoms with Gasteiger partial charge >= 0.3 is 0 Å². The molecule has 2 aromatic rings. The Morgan fingerprint density at radius 1 is 1.24 bits per heavy atom. The molecule has 0 saturated carbocycles. The Morgan fingerprint density at radius 3 is 2.52 bits per heavy atom. The summed E-state index contributed by atoms with van der Waals surface area (Å²) in [6, 6.07) is 9.39. The van der Waals surface area contributed by atoms with Crippen LogP contribution in [0.1, 0.15) is 11.1 Å². The summed E-state index contributed by atoms with van der Waals surface area (Å²) >= 11 is 9.28. The van der Waals surface area contributed by atoms with E-state index in [1.54, 1.807) is 12.1 Å². The van der Waals surface area contributed by atoms with Crippen molar-refractivity contribution in [3.8, 4) is 0 Å². The van der Waals surface area contributed by atoms with Crippen LogP contribution in [0.2, 0.25) is 5.02 Å². The molecule has 0 aliphatic heterocycles. The van der Waals surface area contributed by atoms with Crippen LogP contribution in [0, 0.1) is 6.92 Å². The molecule has 2 N–H and O–H groups in total. The van der Waals surface area contributed by atoms with E-state index in [-0.39, 0.29) is 16.5 Å². The maximum atomic E-state index is 12.3. The highest BCUT2D eigenvalue weighted by atomic mass is 79.9. The third-order valence-corrected chi connectivity index (χ3v) is 5.51. The SMILES string of the molecule is Cc1ccc(NS(=O)(=O)c2ccc(CO)c(Cl)c2)cc1Br. The minimum atomic E-state index is -3.73. The Bertz CT molecular complexity index is 778. The maximum absolute atomic E-state index is 12.3. The molecule has 0 amide bonds. The lowest BCUT2D eigenvalue weighted by molar-refractivity contribution is 0.282. The van der Waals surface area contributed by atoms with Crippen LogP contribution in [0.4, 0.5) is 5.69 Å². The smallest absolute Gasteiger partial charge is 0.261 e. The van der Waals surface area contributed by atoms with Crippen molar-refractivity contribution in [2.24, 2.45) is 0 Å². The summed E-state index contributed by atoms with van der Waals surface area (Å²) in [6.07, 6.45) is 0. The van der Waals surface area contributed by atoms with E-state index in [9.17, 15) is 8.42 Å². The molecule has 21 heavy (non-hydrogen) atoms. The molecular weight excluding hydrogens is 378 g/mol. The van der Waals surface area contributed by atoms with Crippen molar-refractivity contribution in [3.05, 3.63) is 57.0 Å². The van der Waals surface area contributed by atoms with Crippen LogP contribution in [-0.2, 0) is 16.6 Å². The molecule has 0 spiro atoms. The van der Waals surface area contributed by atoms with E-state index in [0.717, 1.165) is 10.0 Å². The maximum Gasteiger partial charge on any atom is 0.261 e. The monoisotopic (exact) mass is 389 g/mol. The van der Waals surface area contributed by atoms with Crippen LogP contribution in [0.15, 0.2) is 45.8 Å². The van der Waals surface area contributed by atoms with Gasteiger partial charge in [-0.15, -0.1) is 0 Å². The Morgan fingerprint density at radius 2 is 1.95 bits per heavy atom. The molecular formula is C14H13BrClNO3S. The number of halogens is 2. The zero-order chi connectivity index (χ0) is 15.6. The average molecular weight is 391 g/mol. The van der Waals surface area contributed by atoms with Gasteiger partial charge in [-0.1, -0.05) is 39.7 Å². The number of anilines is 1. The molecule has 0 aromatic heterocycles. The molecule has 0 atom stereocenters. The Labute approximate surface area is 136 Å². The first-order valence-electron chi connectivity index (χ1n) is 6.02. The second kappa shape index (κ2) is 6.36. The standard InChI is InChI=1S/C14H13BrClNO3S/c1-9-2-4-11(6-13(9)15)17-21(19,20)12-5-3-10(8-18)14(16)7-12/h2-7,17-18H,8H2,1H3. The summed E-state index contributed by atoms with van der Waals surface area (Å²) in [4.78, 5) is 0.0430. The zero-order valence-electron chi connectivity index (χ0n) is 11.1. The van der Waals surface area contributed by atoms with Crippen molar-refractivity contribution in [2.75, 3.05) is 4.72 Å². The predicted molar refractivity (Wildman–Crippen MR) is 87.1 cm³/mol. The topological polar surface area (TPSA) is 66.4 Å². The number of hydrogen-bond donors (Lipinski definition) is 2. The van der Waals surface area contributed by atoms with Crippen molar-refractivity contribution in [3.63, 3.8) is 0 Å². The largest absolute Gasteiger partial charge is 0.392 e. The molecule has 0 aliphatic carbocycles. The number of aliphatic hydroxyl groups excluding tert-OH is 1. The highest BCUT2D eigenvalue weighted by Gasteiger charge is 2.16. The zero-order valence-corrected chi connectivity index (χ0v) is 14.3.